The van der Waals surface area contributed by atoms with E-state index in [0.717, 1.165) is 38.2 Å². The van der Waals surface area contributed by atoms with Gasteiger partial charge in [0.05, 0.1) is 21.3 Å². The predicted octanol–water partition coefficient (Wildman–Crippen LogP) is 4.79. The number of aromatic amines is 1. The van der Waals surface area contributed by atoms with Gasteiger partial charge in [-0.15, -0.1) is 11.3 Å². The van der Waals surface area contributed by atoms with Gasteiger partial charge in [0.15, 0.2) is 0 Å². The van der Waals surface area contributed by atoms with E-state index in [1.165, 1.54) is 11.3 Å². The minimum absolute atomic E-state index is 0.00521. The van der Waals surface area contributed by atoms with Crippen molar-refractivity contribution in [1.82, 2.24) is 4.98 Å². The van der Waals surface area contributed by atoms with Crippen LogP contribution in [0.2, 0.25) is 4.34 Å². The van der Waals surface area contributed by atoms with E-state index in [1.54, 1.807) is 0 Å². The molecule has 2 aromatic heterocycles. The van der Waals surface area contributed by atoms with Crippen LogP contribution in [0.4, 0.5) is 0 Å². The molecule has 0 spiro atoms. The maximum atomic E-state index is 11.2. The molecule has 0 atom stereocenters. The van der Waals surface area contributed by atoms with Crippen LogP contribution in [0, 0.1) is 13.8 Å². The number of nitrogens with one attached hydrogen (secondary N) is 1. The lowest BCUT2D eigenvalue weighted by molar-refractivity contribution is -0.136. The monoisotopic (exact) mass is 319 g/mol. The number of carboxylic acids is 1. The van der Waals surface area contributed by atoms with Crippen molar-refractivity contribution in [1.29, 1.82) is 0 Å². The van der Waals surface area contributed by atoms with Crippen molar-refractivity contribution >= 4 is 39.8 Å². The molecule has 0 saturated carbocycles. The first-order chi connectivity index (χ1) is 9.95. The molecule has 2 heterocycles. The third-order valence-electron chi connectivity index (χ3n) is 3.49. The molecule has 3 aromatic rings. The number of aryl methyl sites for hydroxylation is 2. The predicted molar refractivity (Wildman–Crippen MR) is 87.4 cm³/mol. The van der Waals surface area contributed by atoms with Crippen LogP contribution >= 0.6 is 22.9 Å². The fourth-order valence-corrected chi connectivity index (χ4v) is 3.86. The number of rotatable bonds is 3. The van der Waals surface area contributed by atoms with Crippen LogP contribution < -0.4 is 0 Å². The highest BCUT2D eigenvalue weighted by atomic mass is 35.5. The lowest BCUT2D eigenvalue weighted by atomic mass is 10.0. The second-order valence-electron chi connectivity index (χ2n) is 5.16. The molecule has 0 bridgehead atoms. The Morgan fingerprint density at radius 3 is 2.71 bits per heavy atom. The fraction of sp³-hybridized carbons (Fsp3) is 0.188. The summed E-state index contributed by atoms with van der Waals surface area (Å²) >= 11 is 7.46. The standard InChI is InChI=1S/C16H14ClNO2S/c1-8-5-9(2)15-10(7-14(19)20)16(18-11(15)6-8)12-3-4-13(17)21-12/h3-6,18H,7H2,1-2H3,(H,19,20). The molecule has 0 aliphatic heterocycles. The fourth-order valence-electron chi connectivity index (χ4n) is 2.79. The molecular formula is C16H14ClNO2S. The lowest BCUT2D eigenvalue weighted by Crippen LogP contribution is -2.01. The van der Waals surface area contributed by atoms with Crippen molar-refractivity contribution in [3.05, 3.63) is 45.3 Å². The quantitative estimate of drug-likeness (QED) is 0.729. The Kier molecular flexibility index (Phi) is 3.51. The van der Waals surface area contributed by atoms with Crippen molar-refractivity contribution in [2.24, 2.45) is 0 Å². The largest absolute Gasteiger partial charge is 0.481 e. The average Bonchev–Trinajstić information content (AvgIpc) is 2.93. The van der Waals surface area contributed by atoms with E-state index in [4.69, 9.17) is 11.6 Å². The second kappa shape index (κ2) is 5.20. The van der Waals surface area contributed by atoms with E-state index in [0.29, 0.717) is 4.34 Å². The number of thiophene rings is 1. The zero-order valence-corrected chi connectivity index (χ0v) is 13.2. The van der Waals surface area contributed by atoms with E-state index in [9.17, 15) is 9.90 Å². The van der Waals surface area contributed by atoms with Crippen LogP contribution in [0.5, 0.6) is 0 Å². The maximum Gasteiger partial charge on any atom is 0.307 e. The van der Waals surface area contributed by atoms with E-state index in [2.05, 4.69) is 11.1 Å². The first kappa shape index (κ1) is 14.2. The summed E-state index contributed by atoms with van der Waals surface area (Å²) in [6.07, 6.45) is -0.00521. The Morgan fingerprint density at radius 2 is 2.10 bits per heavy atom. The molecule has 0 unspecified atom stereocenters. The molecule has 21 heavy (non-hydrogen) atoms. The summed E-state index contributed by atoms with van der Waals surface area (Å²) < 4.78 is 0.692. The van der Waals surface area contributed by atoms with Gasteiger partial charge in [-0.1, -0.05) is 17.7 Å². The van der Waals surface area contributed by atoms with Crippen LogP contribution in [0.1, 0.15) is 16.7 Å². The van der Waals surface area contributed by atoms with E-state index < -0.39 is 5.97 Å². The highest BCUT2D eigenvalue weighted by Crippen LogP contribution is 2.37. The minimum Gasteiger partial charge on any atom is -0.481 e. The van der Waals surface area contributed by atoms with Gasteiger partial charge in [0.1, 0.15) is 0 Å². The number of H-pyrrole nitrogens is 1. The third-order valence-corrected chi connectivity index (χ3v) is 4.74. The number of halogens is 1. The average molecular weight is 320 g/mol. The summed E-state index contributed by atoms with van der Waals surface area (Å²) in [7, 11) is 0. The first-order valence-corrected chi connectivity index (χ1v) is 7.74. The zero-order chi connectivity index (χ0) is 15.1. The van der Waals surface area contributed by atoms with Crippen LogP contribution in [-0.4, -0.2) is 16.1 Å². The SMILES string of the molecule is Cc1cc(C)c2c(CC(=O)O)c(-c3ccc(Cl)s3)[nH]c2c1. The Balaban J connectivity index is 2.32. The number of carbonyl (C=O) groups is 1. The van der Waals surface area contributed by atoms with Gasteiger partial charge in [-0.25, -0.2) is 0 Å². The van der Waals surface area contributed by atoms with E-state index in [1.807, 2.05) is 32.0 Å². The molecule has 3 nitrogen and oxygen atoms in total. The highest BCUT2D eigenvalue weighted by molar-refractivity contribution is 7.19. The van der Waals surface area contributed by atoms with E-state index in [-0.39, 0.29) is 6.42 Å². The van der Waals surface area contributed by atoms with Gasteiger partial charge in [0.25, 0.3) is 0 Å². The molecule has 1 aromatic carbocycles. The van der Waals surface area contributed by atoms with Crippen LogP contribution in [-0.2, 0) is 11.2 Å². The molecule has 0 fully saturated rings. The van der Waals surface area contributed by atoms with Crippen molar-refractivity contribution in [3.63, 3.8) is 0 Å². The van der Waals surface area contributed by atoms with Crippen molar-refractivity contribution in [3.8, 4) is 10.6 Å². The summed E-state index contributed by atoms with van der Waals surface area (Å²) in [6, 6.07) is 7.88. The van der Waals surface area contributed by atoms with Crippen molar-refractivity contribution < 1.29 is 9.90 Å². The number of hydrogen-bond donors (Lipinski definition) is 2. The summed E-state index contributed by atoms with van der Waals surface area (Å²) in [6.45, 7) is 4.05. The first-order valence-electron chi connectivity index (χ1n) is 6.55. The molecule has 0 radical (unpaired) electrons. The highest BCUT2D eigenvalue weighted by Gasteiger charge is 2.18. The Hall–Kier alpha value is -1.78. The Bertz CT molecular complexity index is 847. The smallest absolute Gasteiger partial charge is 0.307 e. The zero-order valence-electron chi connectivity index (χ0n) is 11.7. The maximum absolute atomic E-state index is 11.2. The second-order valence-corrected chi connectivity index (χ2v) is 6.87. The Labute approximate surface area is 131 Å². The third kappa shape index (κ3) is 2.57. The van der Waals surface area contributed by atoms with Crippen LogP contribution in [0.25, 0.3) is 21.5 Å². The number of carboxylic acid groups (broad SMARTS) is 1. The molecule has 0 amide bonds. The number of fused-ring (bicyclic) bond motifs is 1. The van der Waals surface area contributed by atoms with Crippen LogP contribution in [0.15, 0.2) is 24.3 Å². The van der Waals surface area contributed by atoms with Gasteiger partial charge in [0, 0.05) is 10.9 Å². The number of hydrogen-bond acceptors (Lipinski definition) is 2. The van der Waals surface area contributed by atoms with Gasteiger partial charge in [0.2, 0.25) is 0 Å². The van der Waals surface area contributed by atoms with Gasteiger partial charge in [-0.2, -0.15) is 0 Å². The molecule has 0 aliphatic carbocycles. The summed E-state index contributed by atoms with van der Waals surface area (Å²) in [5, 5.41) is 10.2. The molecular weight excluding hydrogens is 306 g/mol. The Morgan fingerprint density at radius 1 is 1.33 bits per heavy atom. The van der Waals surface area contributed by atoms with Crippen LogP contribution in [0.3, 0.4) is 0 Å². The number of aliphatic carboxylic acids is 1. The molecule has 0 aliphatic rings. The molecule has 3 rings (SSSR count). The topological polar surface area (TPSA) is 53.1 Å². The summed E-state index contributed by atoms with van der Waals surface area (Å²) in [4.78, 5) is 15.6. The van der Waals surface area contributed by atoms with E-state index >= 15 is 0 Å². The molecule has 2 N–H and O–H groups in total. The lowest BCUT2D eigenvalue weighted by Gasteiger charge is -2.03. The molecule has 108 valence electrons. The van der Waals surface area contributed by atoms with Gasteiger partial charge >= 0.3 is 5.97 Å². The number of aromatic nitrogens is 1. The molecule has 5 heteroatoms. The van der Waals surface area contributed by atoms with Crippen molar-refractivity contribution in [2.75, 3.05) is 0 Å². The van der Waals surface area contributed by atoms with Gasteiger partial charge in [-0.3, -0.25) is 4.79 Å². The van der Waals surface area contributed by atoms with Crippen molar-refractivity contribution in [2.45, 2.75) is 20.3 Å². The minimum atomic E-state index is -0.834. The summed E-state index contributed by atoms with van der Waals surface area (Å²) in [5.74, 6) is -0.834. The molecule has 0 saturated heterocycles. The normalized spacial score (nSPS) is 11.2. The van der Waals surface area contributed by atoms with Gasteiger partial charge in [-0.05, 0) is 48.7 Å². The summed E-state index contributed by atoms with van der Waals surface area (Å²) in [5.41, 5.74) is 4.90. The van der Waals surface area contributed by atoms with Gasteiger partial charge < -0.3 is 10.1 Å². The number of benzene rings is 1.